The molecule has 1 aliphatic carbocycles. The molecule has 4 aromatic rings. The summed E-state index contributed by atoms with van der Waals surface area (Å²) in [5.41, 5.74) is 2.68. The Hall–Kier alpha value is -3.76. The van der Waals surface area contributed by atoms with Gasteiger partial charge in [0.2, 0.25) is 11.0 Å². The molecule has 0 radical (unpaired) electrons. The SMILES string of the molecule is O=C(Cc1ccccc1)Nc1ccc(C[C@H]2C[C@@H](c3nnc(NC(O)Cc4ccccn4)s3)C2)nn1. The van der Waals surface area contributed by atoms with Crippen molar-refractivity contribution in [2.45, 2.75) is 44.2 Å². The average Bonchev–Trinajstić information content (AvgIpc) is 3.31. The van der Waals surface area contributed by atoms with Gasteiger partial charge in [-0.15, -0.1) is 15.3 Å². The van der Waals surface area contributed by atoms with Gasteiger partial charge in [-0.2, -0.15) is 5.10 Å². The molecule has 3 aromatic heterocycles. The Morgan fingerprint density at radius 3 is 2.56 bits per heavy atom. The van der Waals surface area contributed by atoms with Gasteiger partial charge in [-0.1, -0.05) is 47.7 Å². The second kappa shape index (κ2) is 11.3. The van der Waals surface area contributed by atoms with Crippen molar-refractivity contribution in [1.29, 1.82) is 0 Å². The largest absolute Gasteiger partial charge is 0.373 e. The van der Waals surface area contributed by atoms with Crippen LogP contribution in [0.4, 0.5) is 10.9 Å². The van der Waals surface area contributed by atoms with Crippen LogP contribution in [0.25, 0.3) is 0 Å². The molecule has 1 amide bonds. The first kappa shape index (κ1) is 24.0. The zero-order valence-corrected chi connectivity index (χ0v) is 20.4. The summed E-state index contributed by atoms with van der Waals surface area (Å²) in [6.07, 6.45) is 4.53. The highest BCUT2D eigenvalue weighted by molar-refractivity contribution is 7.15. The number of carbonyl (C=O) groups is 1. The highest BCUT2D eigenvalue weighted by atomic mass is 32.1. The first-order valence-corrected chi connectivity index (χ1v) is 12.8. The molecule has 0 aliphatic heterocycles. The van der Waals surface area contributed by atoms with Gasteiger partial charge in [0.15, 0.2) is 5.82 Å². The smallest absolute Gasteiger partial charge is 0.229 e. The summed E-state index contributed by atoms with van der Waals surface area (Å²) in [4.78, 5) is 16.4. The lowest BCUT2D eigenvalue weighted by Gasteiger charge is -2.33. The van der Waals surface area contributed by atoms with E-state index in [1.807, 2.05) is 54.6 Å². The van der Waals surface area contributed by atoms with E-state index in [0.717, 1.165) is 41.2 Å². The van der Waals surface area contributed by atoms with E-state index in [1.54, 1.807) is 12.3 Å². The third-order valence-corrected chi connectivity index (χ3v) is 7.15. The maximum atomic E-state index is 12.2. The third kappa shape index (κ3) is 6.46. The van der Waals surface area contributed by atoms with E-state index in [0.29, 0.717) is 35.6 Å². The number of benzene rings is 1. The van der Waals surface area contributed by atoms with E-state index in [1.165, 1.54) is 11.3 Å². The number of rotatable bonds is 10. The quantitative estimate of drug-likeness (QED) is 0.281. The molecule has 3 heterocycles. The molecule has 3 N–H and O–H groups in total. The normalized spacial score (nSPS) is 17.7. The van der Waals surface area contributed by atoms with Crippen molar-refractivity contribution in [2.24, 2.45) is 5.92 Å². The molecule has 184 valence electrons. The summed E-state index contributed by atoms with van der Waals surface area (Å²) < 4.78 is 0. The zero-order valence-electron chi connectivity index (χ0n) is 19.6. The molecule has 0 spiro atoms. The Morgan fingerprint density at radius 1 is 0.972 bits per heavy atom. The third-order valence-electron chi connectivity index (χ3n) is 6.14. The molecule has 1 fully saturated rings. The number of hydrogen-bond acceptors (Lipinski definition) is 9. The molecule has 36 heavy (non-hydrogen) atoms. The van der Waals surface area contributed by atoms with Gasteiger partial charge in [-0.05, 0) is 55.0 Å². The van der Waals surface area contributed by atoms with Crippen molar-refractivity contribution < 1.29 is 9.90 Å². The lowest BCUT2D eigenvalue weighted by Crippen LogP contribution is -2.24. The van der Waals surface area contributed by atoms with Crippen LogP contribution in [0.1, 0.15) is 40.7 Å². The molecule has 1 aromatic carbocycles. The van der Waals surface area contributed by atoms with Gasteiger partial charge < -0.3 is 15.7 Å². The number of nitrogens with one attached hydrogen (secondary N) is 2. The fourth-order valence-electron chi connectivity index (χ4n) is 4.27. The van der Waals surface area contributed by atoms with E-state index in [-0.39, 0.29) is 5.91 Å². The molecule has 10 heteroatoms. The molecule has 0 saturated heterocycles. The fraction of sp³-hybridized carbons (Fsp3) is 0.308. The van der Waals surface area contributed by atoms with Crippen molar-refractivity contribution >= 4 is 28.2 Å². The van der Waals surface area contributed by atoms with Crippen LogP contribution in [0.5, 0.6) is 0 Å². The number of aliphatic hydroxyl groups is 1. The van der Waals surface area contributed by atoms with Crippen molar-refractivity contribution in [3.63, 3.8) is 0 Å². The summed E-state index contributed by atoms with van der Waals surface area (Å²) in [5, 5.41) is 34.7. The topological polar surface area (TPSA) is 126 Å². The molecular weight excluding hydrogens is 474 g/mol. The molecule has 5 rings (SSSR count). The second-order valence-corrected chi connectivity index (χ2v) is 10.00. The number of carbonyl (C=O) groups excluding carboxylic acids is 1. The predicted molar refractivity (Wildman–Crippen MR) is 137 cm³/mol. The molecule has 1 aliphatic rings. The lowest BCUT2D eigenvalue weighted by molar-refractivity contribution is -0.115. The van der Waals surface area contributed by atoms with Gasteiger partial charge in [0.25, 0.3) is 0 Å². The lowest BCUT2D eigenvalue weighted by atomic mass is 9.73. The van der Waals surface area contributed by atoms with Crippen LogP contribution in [0.2, 0.25) is 0 Å². The van der Waals surface area contributed by atoms with E-state index < -0.39 is 6.23 Å². The number of pyridine rings is 1. The molecule has 1 saturated carbocycles. The number of nitrogens with zero attached hydrogens (tertiary/aromatic N) is 5. The maximum Gasteiger partial charge on any atom is 0.229 e. The molecule has 1 unspecified atom stereocenters. The van der Waals surface area contributed by atoms with Crippen molar-refractivity contribution in [3.05, 3.63) is 88.8 Å². The summed E-state index contributed by atoms with van der Waals surface area (Å²) in [5.74, 6) is 1.24. The van der Waals surface area contributed by atoms with Gasteiger partial charge in [0.1, 0.15) is 11.2 Å². The Labute approximate surface area is 213 Å². The number of aromatic nitrogens is 5. The molecule has 1 atom stereocenters. The Balaban J connectivity index is 1.05. The van der Waals surface area contributed by atoms with Crippen LogP contribution in [0.15, 0.2) is 66.9 Å². The van der Waals surface area contributed by atoms with E-state index in [4.69, 9.17) is 0 Å². The van der Waals surface area contributed by atoms with E-state index in [2.05, 4.69) is 36.0 Å². The van der Waals surface area contributed by atoms with Crippen LogP contribution in [0, 0.1) is 5.92 Å². The minimum atomic E-state index is -0.764. The highest BCUT2D eigenvalue weighted by Gasteiger charge is 2.33. The fourth-order valence-corrected chi connectivity index (χ4v) is 5.19. The van der Waals surface area contributed by atoms with Gasteiger partial charge in [-0.25, -0.2) is 0 Å². The predicted octanol–water partition coefficient (Wildman–Crippen LogP) is 3.61. The van der Waals surface area contributed by atoms with Gasteiger partial charge in [0.05, 0.1) is 12.1 Å². The monoisotopic (exact) mass is 501 g/mol. The first-order chi connectivity index (χ1) is 17.6. The summed E-state index contributed by atoms with van der Waals surface area (Å²) in [6.45, 7) is 0. The number of aliphatic hydroxyl groups excluding tert-OH is 1. The summed E-state index contributed by atoms with van der Waals surface area (Å²) >= 11 is 1.49. The molecular formula is C26H27N7O2S. The van der Waals surface area contributed by atoms with Crippen molar-refractivity contribution in [3.8, 4) is 0 Å². The number of amides is 1. The van der Waals surface area contributed by atoms with Crippen LogP contribution in [-0.4, -0.2) is 42.6 Å². The van der Waals surface area contributed by atoms with E-state index in [9.17, 15) is 9.90 Å². The average molecular weight is 502 g/mol. The Kier molecular flexibility index (Phi) is 7.53. The highest BCUT2D eigenvalue weighted by Crippen LogP contribution is 2.44. The van der Waals surface area contributed by atoms with Crippen molar-refractivity contribution in [2.75, 3.05) is 10.6 Å². The van der Waals surface area contributed by atoms with Crippen LogP contribution < -0.4 is 10.6 Å². The minimum Gasteiger partial charge on any atom is -0.373 e. The molecule has 9 nitrogen and oxygen atoms in total. The van der Waals surface area contributed by atoms with Crippen LogP contribution in [0.3, 0.4) is 0 Å². The van der Waals surface area contributed by atoms with Gasteiger partial charge in [0, 0.05) is 24.2 Å². The standard InChI is InChI=1S/C26H27N7O2S/c34-23(15-17-6-2-1-3-7-17)28-22-10-9-21(30-31-22)14-18-12-19(13-18)25-32-33-26(36-25)29-24(35)16-20-8-4-5-11-27-20/h1-11,18-19,24,35H,12-16H2,(H,29,33)(H,28,31,34)/t18-,19+,24?. The minimum absolute atomic E-state index is 0.111. The van der Waals surface area contributed by atoms with Gasteiger partial charge >= 0.3 is 0 Å². The summed E-state index contributed by atoms with van der Waals surface area (Å²) in [6, 6.07) is 19.0. The van der Waals surface area contributed by atoms with E-state index >= 15 is 0 Å². The number of anilines is 2. The van der Waals surface area contributed by atoms with Crippen LogP contribution in [-0.2, 0) is 24.1 Å². The van der Waals surface area contributed by atoms with Gasteiger partial charge in [-0.3, -0.25) is 9.78 Å². The van der Waals surface area contributed by atoms with Crippen molar-refractivity contribution in [1.82, 2.24) is 25.4 Å². The number of hydrogen-bond donors (Lipinski definition) is 3. The molecule has 0 bridgehead atoms. The zero-order chi connectivity index (χ0) is 24.7. The Morgan fingerprint density at radius 2 is 1.81 bits per heavy atom. The van der Waals surface area contributed by atoms with Crippen LogP contribution >= 0.6 is 11.3 Å². The Bertz CT molecular complexity index is 1260. The first-order valence-electron chi connectivity index (χ1n) is 11.9. The maximum absolute atomic E-state index is 12.2. The second-order valence-electron chi connectivity index (χ2n) is 8.99. The summed E-state index contributed by atoms with van der Waals surface area (Å²) in [7, 11) is 0.